The molecule has 0 bridgehead atoms. The number of nitrogens with two attached hydrogens (primary N) is 1. The lowest BCUT2D eigenvalue weighted by atomic mass is 10.1. The third-order valence-electron chi connectivity index (χ3n) is 3.11. The number of carbonyl (C=O) groups excluding carboxylic acids is 1. The van der Waals surface area contributed by atoms with E-state index in [9.17, 15) is 4.79 Å². The van der Waals surface area contributed by atoms with Gasteiger partial charge in [-0.05, 0) is 18.1 Å². The number of fused-ring (bicyclic) bond motifs is 1. The van der Waals surface area contributed by atoms with Crippen LogP contribution in [-0.4, -0.2) is 22.4 Å². The molecule has 1 amide bonds. The van der Waals surface area contributed by atoms with Gasteiger partial charge in [-0.3, -0.25) is 4.79 Å². The Morgan fingerprint density at radius 2 is 2.25 bits per heavy atom. The van der Waals surface area contributed by atoms with Crippen molar-refractivity contribution < 1.29 is 4.79 Å². The number of benzene rings is 1. The van der Waals surface area contributed by atoms with Crippen molar-refractivity contribution in [3.05, 3.63) is 47.1 Å². The van der Waals surface area contributed by atoms with Crippen LogP contribution < -0.4 is 11.1 Å². The van der Waals surface area contributed by atoms with E-state index >= 15 is 0 Å². The molecule has 3 rings (SSSR count). The van der Waals surface area contributed by atoms with Gasteiger partial charge in [0.1, 0.15) is 5.69 Å². The minimum absolute atomic E-state index is 0.183. The standard InChI is InChI=1S/C14H14N4OS/c15-14-18-12(8-20-14)13(19)16-6-5-9-7-17-11-4-2-1-3-10(9)11/h1-4,7-8,17H,5-6H2,(H2,15,18)(H,16,19). The van der Waals surface area contributed by atoms with Crippen LogP contribution in [0.5, 0.6) is 0 Å². The molecule has 1 aromatic carbocycles. The normalized spacial score (nSPS) is 10.8. The van der Waals surface area contributed by atoms with Gasteiger partial charge in [-0.25, -0.2) is 4.98 Å². The summed E-state index contributed by atoms with van der Waals surface area (Å²) in [4.78, 5) is 19.0. The van der Waals surface area contributed by atoms with Gasteiger partial charge in [0.25, 0.3) is 5.91 Å². The van der Waals surface area contributed by atoms with Gasteiger partial charge in [-0.1, -0.05) is 18.2 Å². The number of aromatic amines is 1. The number of nitrogens with one attached hydrogen (secondary N) is 2. The monoisotopic (exact) mass is 286 g/mol. The Hall–Kier alpha value is -2.34. The lowest BCUT2D eigenvalue weighted by Crippen LogP contribution is -2.25. The molecular weight excluding hydrogens is 272 g/mol. The van der Waals surface area contributed by atoms with E-state index in [1.54, 1.807) is 5.38 Å². The average molecular weight is 286 g/mol. The van der Waals surface area contributed by atoms with Crippen molar-refractivity contribution in [2.24, 2.45) is 0 Å². The van der Waals surface area contributed by atoms with Gasteiger partial charge in [0, 0.05) is 29.0 Å². The van der Waals surface area contributed by atoms with E-state index in [2.05, 4.69) is 21.4 Å². The highest BCUT2D eigenvalue weighted by molar-refractivity contribution is 7.13. The molecule has 0 spiro atoms. The molecule has 4 N–H and O–H groups in total. The zero-order valence-corrected chi connectivity index (χ0v) is 11.5. The van der Waals surface area contributed by atoms with Gasteiger partial charge >= 0.3 is 0 Å². The van der Waals surface area contributed by atoms with E-state index < -0.39 is 0 Å². The molecule has 0 saturated carbocycles. The molecule has 5 nitrogen and oxygen atoms in total. The predicted molar refractivity (Wildman–Crippen MR) is 80.9 cm³/mol. The van der Waals surface area contributed by atoms with Crippen LogP contribution >= 0.6 is 11.3 Å². The van der Waals surface area contributed by atoms with E-state index in [-0.39, 0.29) is 5.91 Å². The summed E-state index contributed by atoms with van der Waals surface area (Å²) in [6.45, 7) is 0.568. The number of rotatable bonds is 4. The number of carbonyl (C=O) groups is 1. The summed E-state index contributed by atoms with van der Waals surface area (Å²) in [6, 6.07) is 8.12. The van der Waals surface area contributed by atoms with E-state index in [1.165, 1.54) is 22.3 Å². The van der Waals surface area contributed by atoms with E-state index in [4.69, 9.17) is 5.73 Å². The molecule has 0 aliphatic carbocycles. The first-order chi connectivity index (χ1) is 9.74. The second kappa shape index (κ2) is 5.34. The summed E-state index contributed by atoms with van der Waals surface area (Å²) in [5.74, 6) is -0.183. The number of nitrogens with zero attached hydrogens (tertiary/aromatic N) is 1. The first-order valence-electron chi connectivity index (χ1n) is 6.28. The fraction of sp³-hybridized carbons (Fsp3) is 0.143. The van der Waals surface area contributed by atoms with Gasteiger partial charge in [0.15, 0.2) is 5.13 Å². The van der Waals surface area contributed by atoms with Crippen LogP contribution in [0.15, 0.2) is 35.8 Å². The van der Waals surface area contributed by atoms with Gasteiger partial charge in [0.05, 0.1) is 0 Å². The second-order valence-corrected chi connectivity index (χ2v) is 5.33. The van der Waals surface area contributed by atoms with Crippen molar-refractivity contribution in [1.82, 2.24) is 15.3 Å². The number of anilines is 1. The Balaban J connectivity index is 1.61. The molecule has 0 atom stereocenters. The summed E-state index contributed by atoms with van der Waals surface area (Å²) in [6.07, 6.45) is 2.76. The number of hydrogen-bond donors (Lipinski definition) is 3. The summed E-state index contributed by atoms with van der Waals surface area (Å²) < 4.78 is 0. The van der Waals surface area contributed by atoms with Crippen molar-refractivity contribution in [2.45, 2.75) is 6.42 Å². The number of H-pyrrole nitrogens is 1. The van der Waals surface area contributed by atoms with Crippen molar-refractivity contribution in [2.75, 3.05) is 12.3 Å². The van der Waals surface area contributed by atoms with Crippen molar-refractivity contribution in [1.29, 1.82) is 0 Å². The first kappa shape index (κ1) is 12.7. The van der Waals surface area contributed by atoms with Crippen molar-refractivity contribution in [3.8, 4) is 0 Å². The first-order valence-corrected chi connectivity index (χ1v) is 7.16. The molecule has 0 unspecified atom stereocenters. The molecule has 0 aliphatic heterocycles. The molecule has 102 valence electrons. The topological polar surface area (TPSA) is 83.8 Å². The van der Waals surface area contributed by atoms with Gasteiger partial charge in [0.2, 0.25) is 0 Å². The Bertz CT molecular complexity index is 746. The Labute approximate surface area is 119 Å². The predicted octanol–water partition coefficient (Wildman–Crippen LogP) is 2.18. The SMILES string of the molecule is Nc1nc(C(=O)NCCc2c[nH]c3ccccc23)cs1. The molecule has 0 saturated heterocycles. The number of amides is 1. The Morgan fingerprint density at radius 3 is 3.05 bits per heavy atom. The van der Waals surface area contributed by atoms with Crippen LogP contribution in [0.4, 0.5) is 5.13 Å². The average Bonchev–Trinajstić information content (AvgIpc) is 3.06. The van der Waals surface area contributed by atoms with E-state index in [1.807, 2.05) is 24.4 Å². The molecule has 3 aromatic rings. The molecule has 6 heteroatoms. The van der Waals surface area contributed by atoms with Crippen molar-refractivity contribution >= 4 is 33.3 Å². The Kier molecular flexibility index (Phi) is 3.39. The number of thiazole rings is 1. The number of aromatic nitrogens is 2. The molecule has 0 fully saturated rings. The molecular formula is C14H14N4OS. The zero-order chi connectivity index (χ0) is 13.9. The van der Waals surface area contributed by atoms with Crippen LogP contribution in [0, 0.1) is 0 Å². The summed E-state index contributed by atoms with van der Waals surface area (Å²) in [7, 11) is 0. The highest BCUT2D eigenvalue weighted by Gasteiger charge is 2.09. The quantitative estimate of drug-likeness (QED) is 0.687. The number of hydrogen-bond acceptors (Lipinski definition) is 4. The highest BCUT2D eigenvalue weighted by atomic mass is 32.1. The molecule has 20 heavy (non-hydrogen) atoms. The maximum Gasteiger partial charge on any atom is 0.270 e. The zero-order valence-electron chi connectivity index (χ0n) is 10.7. The number of nitrogen functional groups attached to an aromatic ring is 1. The fourth-order valence-corrected chi connectivity index (χ4v) is 2.67. The Morgan fingerprint density at radius 1 is 1.40 bits per heavy atom. The molecule has 2 aromatic heterocycles. The van der Waals surface area contributed by atoms with Crippen LogP contribution in [-0.2, 0) is 6.42 Å². The molecule has 2 heterocycles. The van der Waals surface area contributed by atoms with E-state index in [0.29, 0.717) is 17.4 Å². The van der Waals surface area contributed by atoms with Crippen LogP contribution in [0.2, 0.25) is 0 Å². The molecule has 0 radical (unpaired) electrons. The fourth-order valence-electron chi connectivity index (χ4n) is 2.13. The maximum absolute atomic E-state index is 11.8. The second-order valence-electron chi connectivity index (χ2n) is 4.44. The third-order valence-corrected chi connectivity index (χ3v) is 3.78. The van der Waals surface area contributed by atoms with Crippen LogP contribution in [0.3, 0.4) is 0 Å². The minimum Gasteiger partial charge on any atom is -0.375 e. The number of para-hydroxylation sites is 1. The lowest BCUT2D eigenvalue weighted by molar-refractivity contribution is 0.0950. The molecule has 0 aliphatic rings. The third kappa shape index (κ3) is 2.50. The largest absolute Gasteiger partial charge is 0.375 e. The summed E-state index contributed by atoms with van der Waals surface area (Å²) >= 11 is 1.27. The van der Waals surface area contributed by atoms with Crippen LogP contribution in [0.25, 0.3) is 10.9 Å². The lowest BCUT2D eigenvalue weighted by Gasteiger charge is -2.02. The summed E-state index contributed by atoms with van der Waals surface area (Å²) in [5.41, 5.74) is 8.19. The van der Waals surface area contributed by atoms with Crippen molar-refractivity contribution in [3.63, 3.8) is 0 Å². The van der Waals surface area contributed by atoms with Gasteiger partial charge in [-0.15, -0.1) is 11.3 Å². The van der Waals surface area contributed by atoms with Crippen LogP contribution in [0.1, 0.15) is 16.1 Å². The smallest absolute Gasteiger partial charge is 0.270 e. The van der Waals surface area contributed by atoms with E-state index in [0.717, 1.165) is 11.9 Å². The summed E-state index contributed by atoms with van der Waals surface area (Å²) in [5, 5.41) is 6.12. The highest BCUT2D eigenvalue weighted by Crippen LogP contribution is 2.17. The van der Waals surface area contributed by atoms with Gasteiger partial charge < -0.3 is 16.0 Å². The maximum atomic E-state index is 11.8. The minimum atomic E-state index is -0.183. The van der Waals surface area contributed by atoms with Gasteiger partial charge in [-0.2, -0.15) is 0 Å².